The number of hydrogen-bond acceptors (Lipinski definition) is 8. The third kappa shape index (κ3) is 18.7. The number of thiophene rings is 1. The second-order valence-corrected chi connectivity index (χ2v) is 31.2. The van der Waals surface area contributed by atoms with Crippen molar-refractivity contribution in [2.45, 2.75) is 135 Å². The van der Waals surface area contributed by atoms with E-state index in [2.05, 4.69) is 215 Å². The summed E-state index contributed by atoms with van der Waals surface area (Å²) in [5.74, 6) is 8.75. The molecule has 0 bridgehead atoms. The van der Waals surface area contributed by atoms with Crippen LogP contribution < -0.4 is 0 Å². The van der Waals surface area contributed by atoms with Gasteiger partial charge in [0.05, 0.1) is 50.4 Å². The van der Waals surface area contributed by atoms with Crippen LogP contribution in [-0.4, -0.2) is 38.2 Å². The van der Waals surface area contributed by atoms with Gasteiger partial charge < -0.3 is 31.5 Å². The normalized spacial score (nSPS) is 11.6. The van der Waals surface area contributed by atoms with E-state index < -0.39 is 0 Å². The minimum atomic E-state index is 0.729. The zero-order chi connectivity index (χ0) is 75.9. The largest absolute Gasteiger partial charge is 0.469 e. The number of furan rings is 3. The summed E-state index contributed by atoms with van der Waals surface area (Å²) in [5, 5.41) is 3.02. The number of rotatable bonds is 18. The van der Waals surface area contributed by atoms with Crippen LogP contribution in [0.25, 0.3) is 68.4 Å². The first-order valence-electron chi connectivity index (χ1n) is 36.4. The standard InChI is InChI=1S/C23H23ClN2O.C23H21ClN2O.C23H23ClN2O.C23H21ClN2S/c2*1-15-12-21-22(13-16(15)2)26(14-18-5-7-19(24)8-6-18)23(25-21)11-10-20-9-4-17(3)27-20;1-15-10-11-27-22(15)8-9-23-25-20-12-16(2)17(3)13-21(20)26(23)14-18-4-6-19(24)7-5-18;1-15-12-21-22(13-16(15)2)26(14-18-5-7-19(24)8-6-18)23(25-21)11-10-20-9-4-17(3)27-20/h4-9,12-13H,10-11,14H2,1-3H3;4-13H,14H2,1-3H3;4-7,10-13H,8-9,14H2,1-3H3;4-13H,14H2,1-3H3/b;11-10+;;11-10+. The van der Waals surface area contributed by atoms with E-state index in [1.165, 1.54) is 93.1 Å². The highest BCUT2D eigenvalue weighted by atomic mass is 35.5. The molecule has 8 heterocycles. The Morgan fingerprint density at radius 3 is 1.07 bits per heavy atom. The van der Waals surface area contributed by atoms with Gasteiger partial charge in [-0.3, -0.25) is 0 Å². The molecule has 0 amide bonds. The van der Waals surface area contributed by atoms with Crippen LogP contribution in [-0.2, 0) is 51.9 Å². The molecule has 8 aromatic carbocycles. The molecule has 0 aliphatic rings. The molecule has 0 aliphatic heterocycles. The molecule has 16 rings (SSSR count). The minimum absolute atomic E-state index is 0.729. The van der Waals surface area contributed by atoms with Gasteiger partial charge in [-0.05, 0) is 319 Å². The summed E-state index contributed by atoms with van der Waals surface area (Å²) >= 11 is 26.0. The van der Waals surface area contributed by atoms with Crippen LogP contribution in [0.1, 0.15) is 134 Å². The van der Waals surface area contributed by atoms with E-state index in [0.29, 0.717) is 0 Å². The number of benzene rings is 8. The fraction of sp³-hybridized carbons (Fsp3) is 0.217. The lowest BCUT2D eigenvalue weighted by molar-refractivity contribution is 0.479. The summed E-state index contributed by atoms with van der Waals surface area (Å²) in [6.07, 6.45) is 13.4. The first kappa shape index (κ1) is 76.0. The van der Waals surface area contributed by atoms with Crippen molar-refractivity contribution in [3.63, 3.8) is 0 Å². The molecule has 0 unspecified atom stereocenters. The van der Waals surface area contributed by atoms with Gasteiger partial charge in [0.25, 0.3) is 0 Å². The molecule has 0 saturated carbocycles. The molecule has 16 aromatic rings. The topological polar surface area (TPSA) is 111 Å². The van der Waals surface area contributed by atoms with E-state index in [-0.39, 0.29) is 0 Å². The van der Waals surface area contributed by atoms with Crippen molar-refractivity contribution in [3.8, 4) is 0 Å². The predicted molar refractivity (Wildman–Crippen MR) is 451 cm³/mol. The quantitative estimate of drug-likeness (QED) is 0.0841. The van der Waals surface area contributed by atoms with Gasteiger partial charge in [0.1, 0.15) is 52.1 Å². The Labute approximate surface area is 656 Å². The summed E-state index contributed by atoms with van der Waals surface area (Å²) in [6, 6.07) is 64.0. The molecular weight excluding hydrogens is 1440 g/mol. The molecule has 0 fully saturated rings. The number of nitrogens with zero attached hydrogens (tertiary/aromatic N) is 8. The number of aromatic nitrogens is 8. The summed E-state index contributed by atoms with van der Waals surface area (Å²) in [5.41, 5.74) is 25.0. The van der Waals surface area contributed by atoms with E-state index >= 15 is 0 Å². The third-order valence-electron chi connectivity index (χ3n) is 19.9. The molecule has 0 radical (unpaired) electrons. The second-order valence-electron chi connectivity index (χ2n) is 28.1. The van der Waals surface area contributed by atoms with Crippen molar-refractivity contribution in [1.29, 1.82) is 0 Å². The van der Waals surface area contributed by atoms with E-state index in [9.17, 15) is 0 Å². The number of halogens is 4. The summed E-state index contributed by atoms with van der Waals surface area (Å²) < 4.78 is 26.2. The maximum Gasteiger partial charge on any atom is 0.134 e. The molecule has 0 atom stereocenters. The fourth-order valence-corrected chi connectivity index (χ4v) is 14.5. The summed E-state index contributed by atoms with van der Waals surface area (Å²) in [6.45, 7) is 28.3. The molecule has 0 aliphatic carbocycles. The Hall–Kier alpha value is -10.2. The Morgan fingerprint density at radius 1 is 0.333 bits per heavy atom. The molecule has 0 saturated heterocycles. The van der Waals surface area contributed by atoms with E-state index in [0.717, 1.165) is 157 Å². The van der Waals surface area contributed by atoms with Crippen molar-refractivity contribution in [1.82, 2.24) is 38.2 Å². The van der Waals surface area contributed by atoms with Crippen LogP contribution >= 0.6 is 57.7 Å². The van der Waals surface area contributed by atoms with Gasteiger partial charge in [-0.25, -0.2) is 19.9 Å². The summed E-state index contributed by atoms with van der Waals surface area (Å²) in [7, 11) is 0. The number of hydrogen-bond donors (Lipinski definition) is 0. The van der Waals surface area contributed by atoms with Crippen molar-refractivity contribution in [2.24, 2.45) is 0 Å². The van der Waals surface area contributed by atoms with Gasteiger partial charge in [-0.1, -0.05) is 94.9 Å². The highest BCUT2D eigenvalue weighted by molar-refractivity contribution is 7.12. The third-order valence-corrected chi connectivity index (χ3v) is 21.9. The molecule has 11 nitrogen and oxygen atoms in total. The van der Waals surface area contributed by atoms with E-state index in [1.54, 1.807) is 17.6 Å². The molecule has 8 aromatic heterocycles. The Bertz CT molecular complexity index is 5710. The Balaban J connectivity index is 0.000000127. The minimum Gasteiger partial charge on any atom is -0.469 e. The van der Waals surface area contributed by atoms with Crippen LogP contribution in [0, 0.1) is 83.1 Å². The SMILES string of the molecule is Cc1cc2nc(CCc3occc3C)n(Cc3ccc(Cl)cc3)c2cc1C.Cc1ccc(/C=C/c2nc3cc(C)c(C)cc3n2Cc2ccc(Cl)cc2)o1.Cc1ccc(/C=C/c2nc3cc(C)c(C)cc3n2Cc2ccc(Cl)cc2)s1.Cc1ccc(CCc2nc3cc(C)c(C)cc3n2Cc2ccc(Cl)cc2)o1. The lowest BCUT2D eigenvalue weighted by Gasteiger charge is -2.10. The smallest absolute Gasteiger partial charge is 0.134 e. The number of aryl methyl sites for hydroxylation is 16. The molecule has 0 N–H and O–H groups in total. The van der Waals surface area contributed by atoms with Crippen molar-refractivity contribution in [2.75, 3.05) is 0 Å². The van der Waals surface area contributed by atoms with Crippen LogP contribution in [0.3, 0.4) is 0 Å². The lowest BCUT2D eigenvalue weighted by atomic mass is 10.1. The lowest BCUT2D eigenvalue weighted by Crippen LogP contribution is -2.07. The molecular formula is C92H88Cl4N8O3S. The highest BCUT2D eigenvalue weighted by Crippen LogP contribution is 2.31. The van der Waals surface area contributed by atoms with Crippen LogP contribution in [0.4, 0.5) is 0 Å². The molecule has 548 valence electrons. The van der Waals surface area contributed by atoms with Crippen molar-refractivity contribution < 1.29 is 13.3 Å². The van der Waals surface area contributed by atoms with Crippen LogP contribution in [0.5, 0.6) is 0 Å². The Morgan fingerprint density at radius 2 is 0.704 bits per heavy atom. The van der Waals surface area contributed by atoms with Crippen molar-refractivity contribution in [3.05, 3.63) is 349 Å². The highest BCUT2D eigenvalue weighted by Gasteiger charge is 2.19. The van der Waals surface area contributed by atoms with Gasteiger partial charge in [-0.2, -0.15) is 0 Å². The van der Waals surface area contributed by atoms with Crippen molar-refractivity contribution >= 4 is 126 Å². The molecule has 16 heteroatoms. The number of imidazole rings is 4. The van der Waals surface area contributed by atoms with Gasteiger partial charge in [0, 0.05) is 81.7 Å². The van der Waals surface area contributed by atoms with Gasteiger partial charge in [-0.15, -0.1) is 11.3 Å². The van der Waals surface area contributed by atoms with E-state index in [1.807, 2.05) is 98.8 Å². The van der Waals surface area contributed by atoms with Crippen LogP contribution in [0.15, 0.2) is 208 Å². The fourth-order valence-electron chi connectivity index (χ4n) is 13.2. The first-order valence-corrected chi connectivity index (χ1v) is 38.7. The maximum absolute atomic E-state index is 6.05. The molecule has 0 spiro atoms. The summed E-state index contributed by atoms with van der Waals surface area (Å²) in [4.78, 5) is 22.2. The molecule has 108 heavy (non-hydrogen) atoms. The average molecular weight is 1530 g/mol. The predicted octanol–water partition coefficient (Wildman–Crippen LogP) is 25.4. The number of fused-ring (bicyclic) bond motifs is 4. The van der Waals surface area contributed by atoms with Gasteiger partial charge >= 0.3 is 0 Å². The van der Waals surface area contributed by atoms with Crippen LogP contribution in [0.2, 0.25) is 20.1 Å². The van der Waals surface area contributed by atoms with Gasteiger partial charge in [0.2, 0.25) is 0 Å². The second kappa shape index (κ2) is 33.9. The van der Waals surface area contributed by atoms with E-state index in [4.69, 9.17) is 79.6 Å². The van der Waals surface area contributed by atoms with Gasteiger partial charge in [0.15, 0.2) is 0 Å². The average Bonchev–Trinajstić information content (AvgIpc) is 1.65. The zero-order valence-electron chi connectivity index (χ0n) is 63.2. The zero-order valence-corrected chi connectivity index (χ0v) is 67.0. The maximum atomic E-state index is 6.05. The first-order chi connectivity index (χ1) is 52.0. The monoisotopic (exact) mass is 1520 g/mol. The Kier molecular flexibility index (Phi) is 23.9.